The van der Waals surface area contributed by atoms with E-state index in [1.807, 2.05) is 0 Å². The number of carbonyl (C=O) groups is 3. The van der Waals surface area contributed by atoms with Crippen LogP contribution in [0.1, 0.15) is 37.6 Å². The van der Waals surface area contributed by atoms with Crippen LogP contribution in [0.15, 0.2) is 6.20 Å². The zero-order valence-corrected chi connectivity index (χ0v) is 12.8. The predicted molar refractivity (Wildman–Crippen MR) is 72.4 cm³/mol. The van der Waals surface area contributed by atoms with Crippen molar-refractivity contribution in [2.24, 2.45) is 0 Å². The van der Waals surface area contributed by atoms with Gasteiger partial charge in [0.05, 0.1) is 11.1 Å². The number of ether oxygens (including phenoxy) is 3. The Balaban J connectivity index is 3.32. The van der Waals surface area contributed by atoms with E-state index >= 15 is 0 Å². The van der Waals surface area contributed by atoms with Crippen LogP contribution < -0.4 is 9.47 Å². The highest BCUT2D eigenvalue weighted by atomic mass is 16.6. The first kappa shape index (κ1) is 17.4. The largest absolute Gasteiger partial charge is 0.618 e. The molecule has 0 saturated carbocycles. The van der Waals surface area contributed by atoms with E-state index in [2.05, 4.69) is 0 Å². The molecule has 0 bridgehead atoms. The molecule has 0 aliphatic rings. The molecule has 1 aromatic heterocycles. The minimum absolute atomic E-state index is 0.00611. The summed E-state index contributed by atoms with van der Waals surface area (Å²) in [5.41, 5.74) is 0.716. The van der Waals surface area contributed by atoms with E-state index in [0.29, 0.717) is 10.3 Å². The van der Waals surface area contributed by atoms with Crippen molar-refractivity contribution in [1.82, 2.24) is 0 Å². The Hall–Kier alpha value is -2.64. The molecule has 0 spiro atoms. The van der Waals surface area contributed by atoms with Crippen LogP contribution >= 0.6 is 0 Å². The quantitative estimate of drug-likeness (QED) is 0.447. The standard InChI is InChI=1S/C14H17NO7/c1-8-14(22-11(4)18)13(7-21-10(3)17)12(5-15(8)19)6-20-9(2)16/h5H,6-7H2,1-4H3. The van der Waals surface area contributed by atoms with Crippen molar-refractivity contribution in [3.63, 3.8) is 0 Å². The Kier molecular flexibility index (Phi) is 5.85. The normalized spacial score (nSPS) is 10.0. The Bertz CT molecular complexity index is 610. The van der Waals surface area contributed by atoms with E-state index in [1.165, 1.54) is 33.9 Å². The molecular formula is C14H17NO7. The molecule has 0 saturated heterocycles. The summed E-state index contributed by atoms with van der Waals surface area (Å²) in [4.78, 5) is 33.1. The van der Waals surface area contributed by atoms with Gasteiger partial charge in [-0.05, 0) is 0 Å². The van der Waals surface area contributed by atoms with Crippen molar-refractivity contribution in [3.05, 3.63) is 28.2 Å². The minimum atomic E-state index is -0.628. The first-order chi connectivity index (χ1) is 10.2. The maximum Gasteiger partial charge on any atom is 0.308 e. The topological polar surface area (TPSA) is 106 Å². The summed E-state index contributed by atoms with van der Waals surface area (Å²) in [6, 6.07) is 0. The van der Waals surface area contributed by atoms with Crippen LogP contribution in [0.5, 0.6) is 5.75 Å². The van der Waals surface area contributed by atoms with Gasteiger partial charge in [-0.15, -0.1) is 0 Å². The van der Waals surface area contributed by atoms with E-state index in [4.69, 9.17) is 14.2 Å². The van der Waals surface area contributed by atoms with Crippen LogP contribution in [0.2, 0.25) is 0 Å². The molecule has 22 heavy (non-hydrogen) atoms. The van der Waals surface area contributed by atoms with Gasteiger partial charge in [0, 0.05) is 27.7 Å². The third-order valence-corrected chi connectivity index (χ3v) is 2.69. The van der Waals surface area contributed by atoms with Crippen molar-refractivity contribution in [1.29, 1.82) is 0 Å². The average Bonchev–Trinajstić information content (AvgIpc) is 2.40. The molecule has 0 unspecified atom stereocenters. The number of carbonyl (C=O) groups excluding carboxylic acids is 3. The Morgan fingerprint density at radius 2 is 1.59 bits per heavy atom. The molecule has 0 aromatic carbocycles. The van der Waals surface area contributed by atoms with Gasteiger partial charge in [-0.1, -0.05) is 0 Å². The lowest BCUT2D eigenvalue weighted by Gasteiger charge is -2.15. The second-order valence-electron chi connectivity index (χ2n) is 4.53. The summed E-state index contributed by atoms with van der Waals surface area (Å²) >= 11 is 0. The number of nitrogens with zero attached hydrogens (tertiary/aromatic N) is 1. The van der Waals surface area contributed by atoms with Gasteiger partial charge >= 0.3 is 17.9 Å². The lowest BCUT2D eigenvalue weighted by atomic mass is 10.1. The highest BCUT2D eigenvalue weighted by molar-refractivity contribution is 5.70. The molecule has 0 amide bonds. The number of hydrogen-bond acceptors (Lipinski definition) is 7. The summed E-state index contributed by atoms with van der Waals surface area (Å²) < 4.78 is 15.3. The summed E-state index contributed by atoms with van der Waals surface area (Å²) in [5.74, 6) is -1.71. The fourth-order valence-electron chi connectivity index (χ4n) is 1.70. The fraction of sp³-hybridized carbons (Fsp3) is 0.429. The van der Waals surface area contributed by atoms with Gasteiger partial charge in [-0.25, -0.2) is 0 Å². The molecule has 120 valence electrons. The van der Waals surface area contributed by atoms with Crippen molar-refractivity contribution in [3.8, 4) is 5.75 Å². The van der Waals surface area contributed by atoms with E-state index < -0.39 is 17.9 Å². The molecular weight excluding hydrogens is 294 g/mol. The van der Waals surface area contributed by atoms with E-state index in [9.17, 15) is 19.6 Å². The van der Waals surface area contributed by atoms with Crippen LogP contribution in [0.3, 0.4) is 0 Å². The van der Waals surface area contributed by atoms with Crippen molar-refractivity contribution in [2.45, 2.75) is 40.9 Å². The molecule has 8 nitrogen and oxygen atoms in total. The smallest absolute Gasteiger partial charge is 0.308 e. The van der Waals surface area contributed by atoms with Gasteiger partial charge in [0.25, 0.3) is 0 Å². The van der Waals surface area contributed by atoms with Crippen molar-refractivity contribution < 1.29 is 33.3 Å². The highest BCUT2D eigenvalue weighted by Gasteiger charge is 2.23. The lowest BCUT2D eigenvalue weighted by molar-refractivity contribution is -0.613. The second-order valence-corrected chi connectivity index (χ2v) is 4.53. The maximum atomic E-state index is 11.9. The van der Waals surface area contributed by atoms with Gasteiger partial charge in [-0.2, -0.15) is 4.73 Å². The van der Waals surface area contributed by atoms with Gasteiger partial charge < -0.3 is 19.4 Å². The summed E-state index contributed by atoms with van der Waals surface area (Å²) in [7, 11) is 0. The molecule has 1 rings (SSSR count). The lowest BCUT2D eigenvalue weighted by Crippen LogP contribution is -2.33. The Morgan fingerprint density at radius 1 is 1.05 bits per heavy atom. The summed E-state index contributed by atoms with van der Waals surface area (Å²) in [5, 5.41) is 11.9. The van der Waals surface area contributed by atoms with Crippen LogP contribution in [-0.4, -0.2) is 17.9 Å². The third kappa shape index (κ3) is 4.72. The van der Waals surface area contributed by atoms with Crippen LogP contribution in [0.4, 0.5) is 0 Å². The average molecular weight is 311 g/mol. The van der Waals surface area contributed by atoms with Gasteiger partial charge in [0.15, 0.2) is 6.20 Å². The molecule has 0 atom stereocenters. The number of pyridine rings is 1. The molecule has 0 aliphatic heterocycles. The molecule has 1 aromatic rings. The second kappa shape index (κ2) is 7.39. The monoisotopic (exact) mass is 311 g/mol. The third-order valence-electron chi connectivity index (χ3n) is 2.69. The molecule has 0 aliphatic carbocycles. The number of hydrogen-bond donors (Lipinski definition) is 0. The fourth-order valence-corrected chi connectivity index (χ4v) is 1.70. The van der Waals surface area contributed by atoms with E-state index in [1.54, 1.807) is 0 Å². The molecule has 0 fully saturated rings. The van der Waals surface area contributed by atoms with Crippen LogP contribution in [-0.2, 0) is 37.1 Å². The minimum Gasteiger partial charge on any atom is -0.618 e. The first-order valence-electron chi connectivity index (χ1n) is 6.42. The predicted octanol–water partition coefficient (Wildman–Crippen LogP) is 0.680. The Morgan fingerprint density at radius 3 is 2.09 bits per heavy atom. The van der Waals surface area contributed by atoms with Crippen molar-refractivity contribution in [2.75, 3.05) is 0 Å². The van der Waals surface area contributed by atoms with Gasteiger partial charge in [0.2, 0.25) is 11.4 Å². The maximum absolute atomic E-state index is 11.9. The van der Waals surface area contributed by atoms with Crippen molar-refractivity contribution >= 4 is 17.9 Å². The van der Waals surface area contributed by atoms with Crippen LogP contribution in [0.25, 0.3) is 0 Å². The molecule has 8 heteroatoms. The molecule has 0 N–H and O–H groups in total. The highest BCUT2D eigenvalue weighted by Crippen LogP contribution is 2.26. The SMILES string of the molecule is CC(=O)OCc1c[n+]([O-])c(C)c(OC(C)=O)c1COC(C)=O. The Labute approximate surface area is 127 Å². The molecule has 1 heterocycles. The number of rotatable bonds is 5. The van der Waals surface area contributed by atoms with Crippen LogP contribution in [0, 0.1) is 12.1 Å². The zero-order chi connectivity index (χ0) is 16.9. The number of aromatic nitrogens is 1. The van der Waals surface area contributed by atoms with Gasteiger partial charge in [0.1, 0.15) is 13.2 Å². The summed E-state index contributed by atoms with van der Waals surface area (Å²) in [6.45, 7) is 4.67. The number of esters is 3. The molecule has 0 radical (unpaired) electrons. The van der Waals surface area contributed by atoms with Gasteiger partial charge in [-0.3, -0.25) is 14.4 Å². The van der Waals surface area contributed by atoms with E-state index in [0.717, 1.165) is 0 Å². The first-order valence-corrected chi connectivity index (χ1v) is 6.42. The zero-order valence-electron chi connectivity index (χ0n) is 12.8. The van der Waals surface area contributed by atoms with E-state index in [-0.39, 0.29) is 30.2 Å². The summed E-state index contributed by atoms with van der Waals surface area (Å²) in [6.07, 6.45) is 1.18.